The van der Waals surface area contributed by atoms with E-state index in [0.717, 1.165) is 22.6 Å². The van der Waals surface area contributed by atoms with Gasteiger partial charge in [-0.15, -0.1) is 0 Å². The summed E-state index contributed by atoms with van der Waals surface area (Å²) in [6.45, 7) is 0. The van der Waals surface area contributed by atoms with Crippen LogP contribution in [0.1, 0.15) is 0 Å². The number of hydrogen-bond donors (Lipinski definition) is 2. The Morgan fingerprint density at radius 2 is 1.83 bits per heavy atom. The lowest BCUT2D eigenvalue weighted by molar-refractivity contribution is 0.399. The predicted molar refractivity (Wildman–Crippen MR) is 70.3 cm³/mol. The van der Waals surface area contributed by atoms with Gasteiger partial charge in [0.25, 0.3) is 0 Å². The summed E-state index contributed by atoms with van der Waals surface area (Å²) in [7, 11) is 1.59. The number of methoxy groups -OCH3 is 1. The van der Waals surface area contributed by atoms with Gasteiger partial charge in [0.15, 0.2) is 5.65 Å². The van der Waals surface area contributed by atoms with Crippen molar-refractivity contribution in [1.82, 2.24) is 15.0 Å². The molecule has 0 aliphatic heterocycles. The molecular weight excluding hydrogens is 228 g/mol. The number of anilines is 1. The fourth-order valence-electron chi connectivity index (χ4n) is 1.77. The van der Waals surface area contributed by atoms with E-state index in [2.05, 4.69) is 15.0 Å². The average Bonchev–Trinajstić information content (AvgIpc) is 2.82. The number of rotatable bonds is 2. The lowest BCUT2D eigenvalue weighted by Gasteiger charge is -1.96. The molecule has 0 fully saturated rings. The Balaban J connectivity index is 2.10. The molecule has 0 saturated heterocycles. The summed E-state index contributed by atoms with van der Waals surface area (Å²) in [6, 6.07) is 11.2. The van der Waals surface area contributed by atoms with Gasteiger partial charge in [0.2, 0.25) is 5.88 Å². The molecule has 0 bridgehead atoms. The zero-order valence-corrected chi connectivity index (χ0v) is 9.84. The highest BCUT2D eigenvalue weighted by Gasteiger charge is 2.07. The fraction of sp³-hybridized carbons (Fsp3) is 0.0769. The van der Waals surface area contributed by atoms with Gasteiger partial charge in [-0.2, -0.15) is 4.98 Å². The molecule has 90 valence electrons. The first-order valence-corrected chi connectivity index (χ1v) is 5.53. The van der Waals surface area contributed by atoms with Crippen molar-refractivity contribution in [3.8, 4) is 17.3 Å². The van der Waals surface area contributed by atoms with Gasteiger partial charge in [0.05, 0.1) is 12.6 Å². The number of ether oxygens (including phenoxy) is 1. The molecule has 3 aromatic rings. The maximum atomic E-state index is 5.66. The van der Waals surface area contributed by atoms with Crippen molar-refractivity contribution in [3.05, 3.63) is 36.4 Å². The molecular formula is C13H12N4O. The van der Waals surface area contributed by atoms with Crippen LogP contribution in [0.5, 0.6) is 5.88 Å². The molecule has 3 N–H and O–H groups in total. The number of aromatic nitrogens is 3. The molecule has 0 amide bonds. The van der Waals surface area contributed by atoms with Crippen LogP contribution in [0.2, 0.25) is 0 Å². The maximum Gasteiger partial charge on any atom is 0.215 e. The molecule has 18 heavy (non-hydrogen) atoms. The number of nitrogens with two attached hydrogens (primary N) is 1. The molecule has 0 aliphatic carbocycles. The molecule has 5 heteroatoms. The normalized spacial score (nSPS) is 10.7. The number of nitrogen functional groups attached to an aromatic ring is 1. The zero-order valence-electron chi connectivity index (χ0n) is 9.84. The van der Waals surface area contributed by atoms with Gasteiger partial charge in [-0.1, -0.05) is 0 Å². The number of pyridine rings is 1. The maximum absolute atomic E-state index is 5.66. The van der Waals surface area contributed by atoms with Crippen molar-refractivity contribution in [2.24, 2.45) is 0 Å². The van der Waals surface area contributed by atoms with E-state index in [-0.39, 0.29) is 0 Å². The second-order valence-electron chi connectivity index (χ2n) is 3.93. The van der Waals surface area contributed by atoms with Crippen molar-refractivity contribution in [2.75, 3.05) is 12.8 Å². The fourth-order valence-corrected chi connectivity index (χ4v) is 1.77. The van der Waals surface area contributed by atoms with Gasteiger partial charge in [-0.3, -0.25) is 0 Å². The van der Waals surface area contributed by atoms with Gasteiger partial charge in [-0.05, 0) is 30.3 Å². The summed E-state index contributed by atoms with van der Waals surface area (Å²) in [6.07, 6.45) is 0. The van der Waals surface area contributed by atoms with Crippen LogP contribution in [0, 0.1) is 0 Å². The van der Waals surface area contributed by atoms with Crippen LogP contribution >= 0.6 is 0 Å². The minimum atomic E-state index is 0.554. The Hall–Kier alpha value is -2.56. The number of H-pyrrole nitrogens is 1. The lowest BCUT2D eigenvalue weighted by Crippen LogP contribution is -1.86. The van der Waals surface area contributed by atoms with E-state index in [1.807, 2.05) is 30.3 Å². The quantitative estimate of drug-likeness (QED) is 0.673. The van der Waals surface area contributed by atoms with Crippen molar-refractivity contribution >= 4 is 16.9 Å². The average molecular weight is 240 g/mol. The summed E-state index contributed by atoms with van der Waals surface area (Å²) in [5.74, 6) is 1.32. The van der Waals surface area contributed by atoms with Gasteiger partial charge in [-0.25, -0.2) is 4.98 Å². The molecule has 5 nitrogen and oxygen atoms in total. The summed E-state index contributed by atoms with van der Waals surface area (Å²) in [5, 5.41) is 0. The van der Waals surface area contributed by atoms with Crippen LogP contribution in [-0.2, 0) is 0 Å². The standard InChI is InChI=1S/C13H12N4O/c1-18-11-7-6-10-13(16-11)17-12(15-10)8-2-4-9(14)5-3-8/h2-7H,14H2,1H3,(H,15,16,17). The van der Waals surface area contributed by atoms with E-state index in [1.165, 1.54) is 0 Å². The van der Waals surface area contributed by atoms with E-state index < -0.39 is 0 Å². The van der Waals surface area contributed by atoms with E-state index >= 15 is 0 Å². The molecule has 0 atom stereocenters. The smallest absolute Gasteiger partial charge is 0.215 e. The molecule has 0 aliphatic rings. The van der Waals surface area contributed by atoms with Gasteiger partial charge in [0, 0.05) is 17.3 Å². The van der Waals surface area contributed by atoms with Crippen molar-refractivity contribution in [1.29, 1.82) is 0 Å². The van der Waals surface area contributed by atoms with Crippen LogP contribution in [0.15, 0.2) is 36.4 Å². The van der Waals surface area contributed by atoms with Crippen LogP contribution in [0.4, 0.5) is 5.69 Å². The Morgan fingerprint density at radius 3 is 2.56 bits per heavy atom. The highest BCUT2D eigenvalue weighted by atomic mass is 16.5. The third kappa shape index (κ3) is 1.75. The molecule has 1 aromatic carbocycles. The summed E-state index contributed by atoms with van der Waals surface area (Å²) in [5.41, 5.74) is 8.88. The monoisotopic (exact) mass is 240 g/mol. The lowest BCUT2D eigenvalue weighted by atomic mass is 10.2. The summed E-state index contributed by atoms with van der Waals surface area (Å²) < 4.78 is 5.07. The minimum absolute atomic E-state index is 0.554. The zero-order chi connectivity index (χ0) is 12.5. The van der Waals surface area contributed by atoms with Gasteiger partial charge >= 0.3 is 0 Å². The predicted octanol–water partition coefficient (Wildman–Crippen LogP) is 2.22. The van der Waals surface area contributed by atoms with Crippen LogP contribution < -0.4 is 10.5 Å². The SMILES string of the molecule is COc1ccc2[nH]c(-c3ccc(N)cc3)nc2n1. The molecule has 0 saturated carbocycles. The van der Waals surface area contributed by atoms with E-state index in [4.69, 9.17) is 10.5 Å². The van der Waals surface area contributed by atoms with Crippen molar-refractivity contribution in [3.63, 3.8) is 0 Å². The first-order valence-electron chi connectivity index (χ1n) is 5.53. The number of nitrogens with zero attached hydrogens (tertiary/aromatic N) is 2. The van der Waals surface area contributed by atoms with Crippen LogP contribution in [0.3, 0.4) is 0 Å². The number of benzene rings is 1. The van der Waals surface area contributed by atoms with Gasteiger partial charge in [0.1, 0.15) is 5.82 Å². The Morgan fingerprint density at radius 1 is 1.06 bits per heavy atom. The second-order valence-corrected chi connectivity index (χ2v) is 3.93. The second kappa shape index (κ2) is 4.03. The minimum Gasteiger partial charge on any atom is -0.481 e. The molecule has 2 aromatic heterocycles. The van der Waals surface area contributed by atoms with Crippen molar-refractivity contribution in [2.45, 2.75) is 0 Å². The molecule has 0 spiro atoms. The van der Waals surface area contributed by atoms with Crippen LogP contribution in [0.25, 0.3) is 22.6 Å². The molecule has 0 unspecified atom stereocenters. The first kappa shape index (κ1) is 10.6. The molecule has 3 rings (SSSR count). The first-order chi connectivity index (χ1) is 8.76. The third-order valence-electron chi connectivity index (χ3n) is 2.71. The number of hydrogen-bond acceptors (Lipinski definition) is 4. The number of nitrogens with one attached hydrogen (secondary N) is 1. The van der Waals surface area contributed by atoms with Gasteiger partial charge < -0.3 is 15.5 Å². The number of imidazole rings is 1. The topological polar surface area (TPSA) is 76.8 Å². The molecule has 0 radical (unpaired) electrons. The Labute approximate surface area is 104 Å². The van der Waals surface area contributed by atoms with Crippen molar-refractivity contribution < 1.29 is 4.74 Å². The van der Waals surface area contributed by atoms with Crippen LogP contribution in [-0.4, -0.2) is 22.1 Å². The summed E-state index contributed by atoms with van der Waals surface area (Å²) >= 11 is 0. The highest BCUT2D eigenvalue weighted by Crippen LogP contribution is 2.21. The van der Waals surface area contributed by atoms with E-state index in [1.54, 1.807) is 13.2 Å². The Kier molecular flexibility index (Phi) is 2.37. The largest absolute Gasteiger partial charge is 0.481 e. The van der Waals surface area contributed by atoms with E-state index in [0.29, 0.717) is 11.5 Å². The highest BCUT2D eigenvalue weighted by molar-refractivity contribution is 5.76. The number of aromatic amines is 1. The Bertz CT molecular complexity index is 688. The molecule has 2 heterocycles. The summed E-state index contributed by atoms with van der Waals surface area (Å²) in [4.78, 5) is 11.9. The third-order valence-corrected chi connectivity index (χ3v) is 2.71. The number of fused-ring (bicyclic) bond motifs is 1. The van der Waals surface area contributed by atoms with E-state index in [9.17, 15) is 0 Å².